The maximum Gasteiger partial charge on any atom is 0.0700 e. The maximum atomic E-state index is 8.81. The first kappa shape index (κ1) is 10.4. The number of nitriles is 1. The molecule has 0 radical (unpaired) electrons. The molecule has 80 valence electrons. The van der Waals surface area contributed by atoms with Crippen molar-refractivity contribution in [3.63, 3.8) is 0 Å². The Morgan fingerprint density at radius 1 is 1.25 bits per heavy atom. The third-order valence-corrected chi connectivity index (χ3v) is 2.64. The van der Waals surface area contributed by atoms with Crippen LogP contribution >= 0.6 is 0 Å². The van der Waals surface area contributed by atoms with Gasteiger partial charge in [-0.15, -0.1) is 0 Å². The lowest BCUT2D eigenvalue weighted by Crippen LogP contribution is -1.88. The number of hydrogen-bond acceptors (Lipinski definition) is 2. The molecule has 0 fully saturated rings. The summed E-state index contributed by atoms with van der Waals surface area (Å²) in [5.41, 5.74) is 3.27. The fraction of sp³-hybridized carbons (Fsp3) is 0.231. The van der Waals surface area contributed by atoms with Gasteiger partial charge in [0.05, 0.1) is 18.2 Å². The van der Waals surface area contributed by atoms with Crippen LogP contribution in [0.15, 0.2) is 36.7 Å². The van der Waals surface area contributed by atoms with Crippen molar-refractivity contribution < 1.29 is 0 Å². The second kappa shape index (κ2) is 4.19. The molecule has 1 heterocycles. The Kier molecular flexibility index (Phi) is 2.74. The van der Waals surface area contributed by atoms with Crippen molar-refractivity contribution in [3.05, 3.63) is 42.2 Å². The molecule has 2 rings (SSSR count). The maximum absolute atomic E-state index is 8.81. The van der Waals surface area contributed by atoms with E-state index in [-0.39, 0.29) is 5.92 Å². The number of rotatable bonds is 2. The number of benzene rings is 1. The van der Waals surface area contributed by atoms with Crippen molar-refractivity contribution in [2.24, 2.45) is 7.05 Å². The fourth-order valence-electron chi connectivity index (χ4n) is 1.61. The summed E-state index contributed by atoms with van der Waals surface area (Å²) < 4.78 is 1.78. The topological polar surface area (TPSA) is 41.6 Å². The Hall–Kier alpha value is -2.08. The zero-order chi connectivity index (χ0) is 11.5. The SMILES string of the molecule is CC(C#N)c1ccc(-c2cnn(C)c2)cc1. The van der Waals surface area contributed by atoms with Crippen LogP contribution in [0.4, 0.5) is 0 Å². The van der Waals surface area contributed by atoms with Gasteiger partial charge >= 0.3 is 0 Å². The second-order valence-corrected chi connectivity index (χ2v) is 3.88. The van der Waals surface area contributed by atoms with Gasteiger partial charge in [0.1, 0.15) is 0 Å². The molecule has 0 bridgehead atoms. The predicted molar refractivity (Wildman–Crippen MR) is 62.7 cm³/mol. The summed E-state index contributed by atoms with van der Waals surface area (Å²) in [6.07, 6.45) is 3.81. The summed E-state index contributed by atoms with van der Waals surface area (Å²) in [5.74, 6) is -0.0528. The summed E-state index contributed by atoms with van der Waals surface area (Å²) in [6, 6.07) is 10.3. The van der Waals surface area contributed by atoms with Gasteiger partial charge in [-0.3, -0.25) is 4.68 Å². The molecule has 1 atom stereocenters. The molecular formula is C13H13N3. The minimum atomic E-state index is -0.0528. The number of aromatic nitrogens is 2. The van der Waals surface area contributed by atoms with Gasteiger partial charge in [0.25, 0.3) is 0 Å². The van der Waals surface area contributed by atoms with Crippen molar-refractivity contribution in [1.29, 1.82) is 5.26 Å². The van der Waals surface area contributed by atoms with Crippen LogP contribution in [-0.4, -0.2) is 9.78 Å². The monoisotopic (exact) mass is 211 g/mol. The average molecular weight is 211 g/mol. The third-order valence-electron chi connectivity index (χ3n) is 2.64. The summed E-state index contributed by atoms with van der Waals surface area (Å²) in [7, 11) is 1.90. The van der Waals surface area contributed by atoms with Gasteiger partial charge < -0.3 is 0 Å². The Morgan fingerprint density at radius 3 is 2.44 bits per heavy atom. The van der Waals surface area contributed by atoms with Crippen LogP contribution in [-0.2, 0) is 7.05 Å². The van der Waals surface area contributed by atoms with Crippen LogP contribution in [0.5, 0.6) is 0 Å². The number of nitrogens with zero attached hydrogens (tertiary/aromatic N) is 3. The molecule has 0 N–H and O–H groups in total. The minimum Gasteiger partial charge on any atom is -0.275 e. The van der Waals surface area contributed by atoms with Gasteiger partial charge in [-0.2, -0.15) is 10.4 Å². The lowest BCUT2D eigenvalue weighted by Gasteiger charge is -2.03. The quantitative estimate of drug-likeness (QED) is 0.766. The van der Waals surface area contributed by atoms with E-state index in [1.807, 2.05) is 50.6 Å². The molecule has 0 aliphatic heterocycles. The average Bonchev–Trinajstić information content (AvgIpc) is 2.75. The Balaban J connectivity index is 2.30. The van der Waals surface area contributed by atoms with Crippen LogP contribution in [0.1, 0.15) is 18.4 Å². The van der Waals surface area contributed by atoms with Crippen molar-refractivity contribution >= 4 is 0 Å². The second-order valence-electron chi connectivity index (χ2n) is 3.88. The van der Waals surface area contributed by atoms with Gasteiger partial charge in [-0.1, -0.05) is 24.3 Å². The summed E-state index contributed by atoms with van der Waals surface area (Å²) in [4.78, 5) is 0. The molecule has 0 amide bonds. The van der Waals surface area contributed by atoms with E-state index in [9.17, 15) is 0 Å². The van der Waals surface area contributed by atoms with E-state index in [1.165, 1.54) is 0 Å². The van der Waals surface area contributed by atoms with Crippen LogP contribution in [0.2, 0.25) is 0 Å². The van der Waals surface area contributed by atoms with E-state index in [0.29, 0.717) is 0 Å². The molecule has 0 saturated carbocycles. The molecule has 0 saturated heterocycles. The highest BCUT2D eigenvalue weighted by Crippen LogP contribution is 2.21. The van der Waals surface area contributed by atoms with Gasteiger partial charge in [-0.25, -0.2) is 0 Å². The zero-order valence-corrected chi connectivity index (χ0v) is 9.38. The van der Waals surface area contributed by atoms with Crippen LogP contribution in [0.3, 0.4) is 0 Å². The van der Waals surface area contributed by atoms with Crippen LogP contribution in [0, 0.1) is 11.3 Å². The molecule has 1 aromatic carbocycles. The van der Waals surface area contributed by atoms with E-state index >= 15 is 0 Å². The highest BCUT2D eigenvalue weighted by molar-refractivity contribution is 5.62. The van der Waals surface area contributed by atoms with E-state index in [1.54, 1.807) is 4.68 Å². The normalized spacial score (nSPS) is 12.1. The van der Waals surface area contributed by atoms with Gasteiger partial charge in [-0.05, 0) is 18.1 Å². The van der Waals surface area contributed by atoms with E-state index in [2.05, 4.69) is 11.2 Å². The minimum absolute atomic E-state index is 0.0528. The van der Waals surface area contributed by atoms with Crippen LogP contribution in [0.25, 0.3) is 11.1 Å². The van der Waals surface area contributed by atoms with Gasteiger partial charge in [0.2, 0.25) is 0 Å². The zero-order valence-electron chi connectivity index (χ0n) is 9.38. The van der Waals surface area contributed by atoms with Crippen LogP contribution < -0.4 is 0 Å². The number of hydrogen-bond donors (Lipinski definition) is 0. The summed E-state index contributed by atoms with van der Waals surface area (Å²) in [6.45, 7) is 1.90. The Bertz CT molecular complexity index is 517. The molecular weight excluding hydrogens is 198 g/mol. The predicted octanol–water partition coefficient (Wildman–Crippen LogP) is 2.71. The van der Waals surface area contributed by atoms with Crippen molar-refractivity contribution in [2.45, 2.75) is 12.8 Å². The summed E-state index contributed by atoms with van der Waals surface area (Å²) in [5, 5.41) is 12.9. The van der Waals surface area contributed by atoms with Crippen molar-refractivity contribution in [3.8, 4) is 17.2 Å². The molecule has 0 aliphatic rings. The molecule has 1 unspecified atom stereocenters. The van der Waals surface area contributed by atoms with E-state index < -0.39 is 0 Å². The molecule has 16 heavy (non-hydrogen) atoms. The highest BCUT2D eigenvalue weighted by atomic mass is 15.2. The Morgan fingerprint density at radius 2 is 1.94 bits per heavy atom. The molecule has 0 spiro atoms. The lowest BCUT2D eigenvalue weighted by atomic mass is 10.00. The first-order chi connectivity index (χ1) is 7.70. The first-order valence-corrected chi connectivity index (χ1v) is 5.19. The Labute approximate surface area is 94.9 Å². The van der Waals surface area contributed by atoms with Crippen molar-refractivity contribution in [2.75, 3.05) is 0 Å². The largest absolute Gasteiger partial charge is 0.275 e. The molecule has 0 aliphatic carbocycles. The fourth-order valence-corrected chi connectivity index (χ4v) is 1.61. The van der Waals surface area contributed by atoms with E-state index in [4.69, 9.17) is 5.26 Å². The lowest BCUT2D eigenvalue weighted by molar-refractivity contribution is 0.768. The molecule has 3 nitrogen and oxygen atoms in total. The van der Waals surface area contributed by atoms with E-state index in [0.717, 1.165) is 16.7 Å². The molecule has 3 heteroatoms. The smallest absolute Gasteiger partial charge is 0.0700 e. The van der Waals surface area contributed by atoms with Gasteiger partial charge in [0, 0.05) is 18.8 Å². The summed E-state index contributed by atoms with van der Waals surface area (Å²) >= 11 is 0. The first-order valence-electron chi connectivity index (χ1n) is 5.19. The standard InChI is InChI=1S/C13H13N3/c1-10(7-14)11-3-5-12(6-4-11)13-8-15-16(2)9-13/h3-6,8-10H,1-2H3. The third kappa shape index (κ3) is 1.96. The highest BCUT2D eigenvalue weighted by Gasteiger charge is 2.04. The van der Waals surface area contributed by atoms with Crippen molar-refractivity contribution in [1.82, 2.24) is 9.78 Å². The molecule has 1 aromatic heterocycles. The number of aryl methyl sites for hydroxylation is 1. The van der Waals surface area contributed by atoms with Gasteiger partial charge in [0.15, 0.2) is 0 Å². The molecule has 2 aromatic rings.